The van der Waals surface area contributed by atoms with E-state index in [1.807, 2.05) is 6.07 Å². The lowest BCUT2D eigenvalue weighted by atomic mass is 10.0. The molecule has 31 heavy (non-hydrogen) atoms. The molecule has 0 unspecified atom stereocenters. The van der Waals surface area contributed by atoms with E-state index in [0.29, 0.717) is 25.8 Å². The molecule has 0 amide bonds. The lowest BCUT2D eigenvalue weighted by Gasteiger charge is -2.33. The van der Waals surface area contributed by atoms with Crippen molar-refractivity contribution in [2.75, 3.05) is 32.8 Å². The number of nitrogens with one attached hydrogen (secondary N) is 2. The van der Waals surface area contributed by atoms with Gasteiger partial charge in [0, 0.05) is 38.6 Å². The Bertz CT molecular complexity index is 848. The van der Waals surface area contributed by atoms with Gasteiger partial charge in [0.05, 0.1) is 19.8 Å². The molecule has 0 radical (unpaired) electrons. The first-order valence-corrected chi connectivity index (χ1v) is 11.5. The maximum Gasteiger partial charge on any atom is 0.191 e. The van der Waals surface area contributed by atoms with Gasteiger partial charge in [0.1, 0.15) is 0 Å². The fourth-order valence-electron chi connectivity index (χ4n) is 4.07. The van der Waals surface area contributed by atoms with Crippen LogP contribution >= 0.6 is 0 Å². The summed E-state index contributed by atoms with van der Waals surface area (Å²) in [6.07, 6.45) is 3.17. The SMILES string of the molecule is CCNC(=NCc1ccc2c(c1)OCCCO2)NC1CCN(Cc2ccccc2)CC1. The van der Waals surface area contributed by atoms with Crippen molar-refractivity contribution < 1.29 is 9.47 Å². The summed E-state index contributed by atoms with van der Waals surface area (Å²) in [5.74, 6) is 2.54. The summed E-state index contributed by atoms with van der Waals surface area (Å²) >= 11 is 0. The van der Waals surface area contributed by atoms with Crippen LogP contribution in [0, 0.1) is 0 Å². The van der Waals surface area contributed by atoms with E-state index in [0.717, 1.165) is 68.5 Å². The highest BCUT2D eigenvalue weighted by atomic mass is 16.5. The van der Waals surface area contributed by atoms with Gasteiger partial charge in [-0.15, -0.1) is 0 Å². The van der Waals surface area contributed by atoms with Gasteiger partial charge in [0.25, 0.3) is 0 Å². The topological polar surface area (TPSA) is 58.1 Å². The van der Waals surface area contributed by atoms with Crippen molar-refractivity contribution in [3.8, 4) is 11.5 Å². The van der Waals surface area contributed by atoms with Crippen LogP contribution in [0.15, 0.2) is 53.5 Å². The molecule has 6 heteroatoms. The van der Waals surface area contributed by atoms with Gasteiger partial charge in [-0.1, -0.05) is 36.4 Å². The number of rotatable bonds is 6. The molecule has 0 spiro atoms. The second-order valence-corrected chi connectivity index (χ2v) is 8.21. The highest BCUT2D eigenvalue weighted by molar-refractivity contribution is 5.80. The maximum absolute atomic E-state index is 5.81. The predicted octanol–water partition coefficient (Wildman–Crippen LogP) is 3.57. The van der Waals surface area contributed by atoms with Crippen molar-refractivity contribution >= 4 is 5.96 Å². The van der Waals surface area contributed by atoms with Crippen LogP contribution in [0.1, 0.15) is 37.3 Å². The lowest BCUT2D eigenvalue weighted by Crippen LogP contribution is -2.48. The van der Waals surface area contributed by atoms with Gasteiger partial charge in [-0.25, -0.2) is 4.99 Å². The molecule has 0 saturated carbocycles. The molecule has 0 bridgehead atoms. The lowest BCUT2D eigenvalue weighted by molar-refractivity contribution is 0.198. The van der Waals surface area contributed by atoms with Crippen LogP contribution in [0.5, 0.6) is 11.5 Å². The molecule has 4 rings (SSSR count). The molecule has 0 atom stereocenters. The number of benzene rings is 2. The quantitative estimate of drug-likeness (QED) is 0.551. The average Bonchev–Trinajstić information content (AvgIpc) is 3.05. The third-order valence-corrected chi connectivity index (χ3v) is 5.75. The predicted molar refractivity (Wildman–Crippen MR) is 125 cm³/mol. The molecule has 2 aliphatic rings. The fraction of sp³-hybridized carbons (Fsp3) is 0.480. The Labute approximate surface area is 185 Å². The van der Waals surface area contributed by atoms with Crippen LogP contribution in [-0.2, 0) is 13.1 Å². The normalized spacial score (nSPS) is 17.8. The molecule has 166 valence electrons. The molecule has 0 aliphatic carbocycles. The second-order valence-electron chi connectivity index (χ2n) is 8.21. The number of piperidine rings is 1. The van der Waals surface area contributed by atoms with Crippen molar-refractivity contribution in [1.29, 1.82) is 0 Å². The standard InChI is InChI=1S/C25H34N4O2/c1-2-26-25(27-18-21-9-10-23-24(17-21)31-16-6-15-30-23)28-22-11-13-29(14-12-22)19-20-7-4-3-5-8-20/h3-5,7-10,17,22H,2,6,11-16,18-19H2,1H3,(H2,26,27,28). The molecule has 2 N–H and O–H groups in total. The van der Waals surface area contributed by atoms with Gasteiger partial charge >= 0.3 is 0 Å². The Kier molecular flexibility index (Phi) is 7.66. The third kappa shape index (κ3) is 6.37. The highest BCUT2D eigenvalue weighted by Gasteiger charge is 2.20. The van der Waals surface area contributed by atoms with E-state index in [4.69, 9.17) is 14.5 Å². The summed E-state index contributed by atoms with van der Waals surface area (Å²) in [5, 5.41) is 7.03. The monoisotopic (exact) mass is 422 g/mol. The molecule has 1 saturated heterocycles. The minimum absolute atomic E-state index is 0.452. The first-order chi connectivity index (χ1) is 15.3. The maximum atomic E-state index is 5.81. The number of ether oxygens (including phenoxy) is 2. The molecule has 6 nitrogen and oxygen atoms in total. The van der Waals surface area contributed by atoms with Crippen LogP contribution in [0.25, 0.3) is 0 Å². The minimum atomic E-state index is 0.452. The van der Waals surface area contributed by atoms with Gasteiger partial charge in [-0.3, -0.25) is 4.90 Å². The number of likely N-dealkylation sites (tertiary alicyclic amines) is 1. The fourth-order valence-corrected chi connectivity index (χ4v) is 4.07. The number of hydrogen-bond acceptors (Lipinski definition) is 4. The Balaban J connectivity index is 1.30. The number of guanidine groups is 1. The zero-order valence-electron chi connectivity index (χ0n) is 18.5. The highest BCUT2D eigenvalue weighted by Crippen LogP contribution is 2.30. The van der Waals surface area contributed by atoms with E-state index in [1.165, 1.54) is 5.56 Å². The molecule has 2 heterocycles. The molecule has 1 fully saturated rings. The van der Waals surface area contributed by atoms with Crippen LogP contribution in [0.4, 0.5) is 0 Å². The summed E-state index contributed by atoms with van der Waals surface area (Å²) in [6, 6.07) is 17.3. The Morgan fingerprint density at radius 1 is 1.00 bits per heavy atom. The van der Waals surface area contributed by atoms with Crippen molar-refractivity contribution in [3.63, 3.8) is 0 Å². The van der Waals surface area contributed by atoms with E-state index >= 15 is 0 Å². The second kappa shape index (κ2) is 11.0. The summed E-state index contributed by atoms with van der Waals surface area (Å²) < 4.78 is 11.5. The smallest absolute Gasteiger partial charge is 0.191 e. The largest absolute Gasteiger partial charge is 0.490 e. The molecule has 2 aromatic rings. The van der Waals surface area contributed by atoms with Gasteiger partial charge in [0.2, 0.25) is 0 Å². The van der Waals surface area contributed by atoms with Crippen molar-refractivity contribution in [2.24, 2.45) is 4.99 Å². The molecular formula is C25H34N4O2. The van der Waals surface area contributed by atoms with Gasteiger partial charge in [-0.05, 0) is 43.0 Å². The first-order valence-electron chi connectivity index (χ1n) is 11.5. The molecule has 0 aromatic heterocycles. The molecule has 2 aromatic carbocycles. The number of hydrogen-bond donors (Lipinski definition) is 2. The van der Waals surface area contributed by atoms with Crippen molar-refractivity contribution in [3.05, 3.63) is 59.7 Å². The van der Waals surface area contributed by atoms with Crippen LogP contribution in [-0.4, -0.2) is 49.7 Å². The third-order valence-electron chi connectivity index (χ3n) is 5.75. The van der Waals surface area contributed by atoms with E-state index in [9.17, 15) is 0 Å². The number of aliphatic imine (C=N–C) groups is 1. The van der Waals surface area contributed by atoms with E-state index in [-0.39, 0.29) is 0 Å². The van der Waals surface area contributed by atoms with E-state index < -0.39 is 0 Å². The van der Waals surface area contributed by atoms with Gasteiger partial charge < -0.3 is 20.1 Å². The summed E-state index contributed by atoms with van der Waals surface area (Å²) in [4.78, 5) is 7.36. The Hall–Kier alpha value is -2.73. The molecular weight excluding hydrogens is 388 g/mol. The van der Waals surface area contributed by atoms with E-state index in [1.54, 1.807) is 0 Å². The summed E-state index contributed by atoms with van der Waals surface area (Å²) in [7, 11) is 0. The van der Waals surface area contributed by atoms with Crippen LogP contribution in [0.3, 0.4) is 0 Å². The zero-order chi connectivity index (χ0) is 21.3. The van der Waals surface area contributed by atoms with Gasteiger partial charge in [0.15, 0.2) is 17.5 Å². The van der Waals surface area contributed by atoms with Crippen LogP contribution < -0.4 is 20.1 Å². The van der Waals surface area contributed by atoms with Gasteiger partial charge in [-0.2, -0.15) is 0 Å². The Morgan fingerprint density at radius 3 is 2.55 bits per heavy atom. The first kappa shape index (κ1) is 21.5. The summed E-state index contributed by atoms with van der Waals surface area (Å²) in [6.45, 7) is 8.22. The minimum Gasteiger partial charge on any atom is -0.490 e. The summed E-state index contributed by atoms with van der Waals surface area (Å²) in [5.41, 5.74) is 2.51. The molecule has 2 aliphatic heterocycles. The van der Waals surface area contributed by atoms with E-state index in [2.05, 4.69) is 64.9 Å². The van der Waals surface area contributed by atoms with Crippen LogP contribution in [0.2, 0.25) is 0 Å². The zero-order valence-corrected chi connectivity index (χ0v) is 18.5. The number of fused-ring (bicyclic) bond motifs is 1. The van der Waals surface area contributed by atoms with Crippen molar-refractivity contribution in [2.45, 2.75) is 45.3 Å². The van der Waals surface area contributed by atoms with Crippen molar-refractivity contribution in [1.82, 2.24) is 15.5 Å². The average molecular weight is 423 g/mol. The number of nitrogens with zero attached hydrogens (tertiary/aromatic N) is 2. The Morgan fingerprint density at radius 2 is 1.77 bits per heavy atom.